The molecule has 5 N–H and O–H groups in total. The van der Waals surface area contributed by atoms with Crippen LogP contribution < -0.4 is 5.73 Å². The Morgan fingerprint density at radius 1 is 0.842 bits per heavy atom. The molecule has 4 nitrogen and oxygen atoms in total. The molecule has 0 aromatic rings. The van der Waals surface area contributed by atoms with Crippen molar-refractivity contribution in [2.45, 2.75) is 65.8 Å². The first-order valence-electron chi connectivity index (χ1n) is 7.09. The van der Waals surface area contributed by atoms with Crippen molar-refractivity contribution in [1.82, 2.24) is 0 Å². The van der Waals surface area contributed by atoms with Crippen molar-refractivity contribution in [3.05, 3.63) is 0 Å². The summed E-state index contributed by atoms with van der Waals surface area (Å²) in [4.78, 5) is 0. The maximum absolute atomic E-state index is 8.43. The predicted octanol–water partition coefficient (Wildman–Crippen LogP) is 1.91. The average molecular weight is 313 g/mol. The summed E-state index contributed by atoms with van der Waals surface area (Å²) in [6.07, 6.45) is 4.89. The Balaban J connectivity index is -0.0000000906. The molecule has 118 valence electrons. The Labute approximate surface area is 134 Å². The van der Waals surface area contributed by atoms with Gasteiger partial charge >= 0.3 is 0 Å². The molecule has 0 aromatic carbocycles. The van der Waals surface area contributed by atoms with Crippen molar-refractivity contribution in [3.8, 4) is 0 Å². The van der Waals surface area contributed by atoms with Crippen LogP contribution in [0.1, 0.15) is 59.8 Å². The zero-order valence-electron chi connectivity index (χ0n) is 13.2. The zero-order chi connectivity index (χ0) is 14.8. The average Bonchev–Trinajstić information content (AvgIpc) is 2.33. The quantitative estimate of drug-likeness (QED) is 0.541. The van der Waals surface area contributed by atoms with Gasteiger partial charge in [-0.15, -0.1) is 0 Å². The Morgan fingerprint density at radius 2 is 1.21 bits per heavy atom. The van der Waals surface area contributed by atoms with E-state index in [-0.39, 0.29) is 34.4 Å². The summed E-state index contributed by atoms with van der Waals surface area (Å²) in [5.41, 5.74) is 5.51. The van der Waals surface area contributed by atoms with Crippen LogP contribution in [0, 0.1) is 5.92 Å². The van der Waals surface area contributed by atoms with Gasteiger partial charge in [-0.05, 0) is 32.1 Å². The molecule has 0 bridgehead atoms. The van der Waals surface area contributed by atoms with Crippen molar-refractivity contribution in [3.63, 3.8) is 0 Å². The number of hydrogen-bond donors (Lipinski definition) is 4. The van der Waals surface area contributed by atoms with Gasteiger partial charge in [0.25, 0.3) is 0 Å². The largest absolute Gasteiger partial charge is 0.396 e. The first-order chi connectivity index (χ1) is 8.51. The van der Waals surface area contributed by atoms with Crippen molar-refractivity contribution in [2.24, 2.45) is 11.7 Å². The number of aliphatic hydroxyl groups excluding tert-OH is 3. The van der Waals surface area contributed by atoms with Gasteiger partial charge < -0.3 is 21.1 Å². The van der Waals surface area contributed by atoms with Crippen molar-refractivity contribution < 1.29 is 37.0 Å². The van der Waals surface area contributed by atoms with Crippen LogP contribution >= 0.6 is 0 Å². The minimum absolute atomic E-state index is 0. The van der Waals surface area contributed by atoms with Crippen LogP contribution in [0.4, 0.5) is 0 Å². The molecule has 0 aromatic heterocycles. The second-order valence-electron chi connectivity index (χ2n) is 4.50. The molecule has 0 amide bonds. The fourth-order valence-electron chi connectivity index (χ4n) is 0.783. The van der Waals surface area contributed by atoms with Crippen LogP contribution in [-0.2, 0) is 21.7 Å². The summed E-state index contributed by atoms with van der Waals surface area (Å²) < 4.78 is 0. The fraction of sp³-hybridized carbons (Fsp3) is 1.00. The normalized spacial score (nSPS) is 12.0. The molecule has 19 heavy (non-hydrogen) atoms. The van der Waals surface area contributed by atoms with Crippen LogP contribution in [0.25, 0.3) is 0 Å². The molecule has 0 fully saturated rings. The van der Waals surface area contributed by atoms with Crippen LogP contribution in [0.15, 0.2) is 0 Å². The number of rotatable bonds is 7. The zero-order valence-corrected chi connectivity index (χ0v) is 14.8. The number of hydrogen-bond acceptors (Lipinski definition) is 4. The van der Waals surface area contributed by atoms with E-state index >= 15 is 0 Å². The van der Waals surface area contributed by atoms with Crippen LogP contribution in [0.5, 0.6) is 0 Å². The van der Waals surface area contributed by atoms with Gasteiger partial charge in [-0.2, -0.15) is 0 Å². The van der Waals surface area contributed by atoms with Gasteiger partial charge in [-0.3, -0.25) is 0 Å². The molecule has 0 aliphatic heterocycles. The fourth-order valence-corrected chi connectivity index (χ4v) is 0.783. The van der Waals surface area contributed by atoms with Gasteiger partial charge in [0, 0.05) is 47.6 Å². The molecule has 2 unspecified atom stereocenters. The van der Waals surface area contributed by atoms with E-state index in [1.807, 2.05) is 13.8 Å². The van der Waals surface area contributed by atoms with E-state index in [9.17, 15) is 0 Å². The molecule has 0 saturated heterocycles. The van der Waals surface area contributed by atoms with Crippen molar-refractivity contribution >= 4 is 0 Å². The van der Waals surface area contributed by atoms with Gasteiger partial charge in [-0.1, -0.05) is 33.6 Å². The first kappa shape index (κ1) is 27.8. The summed E-state index contributed by atoms with van der Waals surface area (Å²) in [7, 11) is 0. The molecule has 0 spiro atoms. The maximum Gasteiger partial charge on any atom is 0.0434 e. The molecular formula is C14H35NO3Ti. The Bertz CT molecular complexity index is 117. The van der Waals surface area contributed by atoms with E-state index in [1.165, 1.54) is 0 Å². The number of unbranched alkanes of at least 4 members (excludes halogenated alkanes) is 2. The molecule has 0 aliphatic carbocycles. The van der Waals surface area contributed by atoms with E-state index in [0.29, 0.717) is 19.1 Å². The SMILES string of the molecule is CC(N)C(C)CCO.CCCCO.CCCCO.[Ti]. The van der Waals surface area contributed by atoms with Crippen LogP contribution in [0.2, 0.25) is 0 Å². The molecule has 5 heteroatoms. The van der Waals surface area contributed by atoms with E-state index in [1.54, 1.807) is 0 Å². The summed E-state index contributed by atoms with van der Waals surface area (Å²) in [6.45, 7) is 9.04. The second-order valence-corrected chi connectivity index (χ2v) is 4.50. The van der Waals surface area contributed by atoms with E-state index in [0.717, 1.165) is 32.1 Å². The van der Waals surface area contributed by atoms with E-state index in [2.05, 4.69) is 13.8 Å². The standard InChI is InChI=1S/C6H15NO.2C4H10O.Ti/c1-5(3-4-8)6(2)7;2*1-2-3-4-5;/h5-6,8H,3-4,7H2,1-2H3;2*5H,2-4H2,1H3;. The Kier molecular flexibility index (Phi) is 39.5. The van der Waals surface area contributed by atoms with Gasteiger partial charge in [0.15, 0.2) is 0 Å². The second kappa shape index (κ2) is 27.0. The van der Waals surface area contributed by atoms with Crippen LogP contribution in [0.3, 0.4) is 0 Å². The molecule has 2 atom stereocenters. The van der Waals surface area contributed by atoms with Gasteiger partial charge in [-0.25, -0.2) is 0 Å². The summed E-state index contributed by atoms with van der Waals surface area (Å²) >= 11 is 0. The summed E-state index contributed by atoms with van der Waals surface area (Å²) in [5.74, 6) is 0.444. The topological polar surface area (TPSA) is 86.7 Å². The van der Waals surface area contributed by atoms with E-state index in [4.69, 9.17) is 21.1 Å². The molecule has 0 rings (SSSR count). The molecule has 0 heterocycles. The minimum atomic E-state index is 0. The smallest absolute Gasteiger partial charge is 0.0434 e. The molecular weight excluding hydrogens is 278 g/mol. The maximum atomic E-state index is 8.43. The minimum Gasteiger partial charge on any atom is -0.396 e. The first-order valence-corrected chi connectivity index (χ1v) is 7.09. The summed E-state index contributed by atoms with van der Waals surface area (Å²) in [6, 6.07) is 0.210. The van der Waals surface area contributed by atoms with Gasteiger partial charge in [0.2, 0.25) is 0 Å². The van der Waals surface area contributed by atoms with E-state index < -0.39 is 0 Å². The van der Waals surface area contributed by atoms with Crippen molar-refractivity contribution in [1.29, 1.82) is 0 Å². The third-order valence-electron chi connectivity index (χ3n) is 2.51. The molecule has 0 saturated carbocycles. The van der Waals surface area contributed by atoms with Gasteiger partial charge in [0.05, 0.1) is 0 Å². The van der Waals surface area contributed by atoms with Gasteiger partial charge in [0.1, 0.15) is 0 Å². The molecule has 0 radical (unpaired) electrons. The third kappa shape index (κ3) is 38.1. The van der Waals surface area contributed by atoms with Crippen molar-refractivity contribution in [2.75, 3.05) is 19.8 Å². The Morgan fingerprint density at radius 3 is 1.26 bits per heavy atom. The summed E-state index contributed by atoms with van der Waals surface area (Å²) in [5, 5.41) is 24.6. The molecule has 0 aliphatic rings. The number of aliphatic hydroxyl groups is 3. The van der Waals surface area contributed by atoms with Crippen LogP contribution in [-0.4, -0.2) is 41.2 Å². The monoisotopic (exact) mass is 313 g/mol. The Hall–Kier alpha value is 0.554. The predicted molar refractivity (Wildman–Crippen MR) is 78.5 cm³/mol. The number of nitrogens with two attached hydrogens (primary N) is 1. The third-order valence-corrected chi connectivity index (χ3v) is 2.51.